The molecule has 0 aliphatic heterocycles. The molecule has 0 atom stereocenters. The fourth-order valence-electron chi connectivity index (χ4n) is 2.44. The number of carbonyl (C=O) groups is 1. The number of fused-ring (bicyclic) bond motifs is 1. The van der Waals surface area contributed by atoms with Crippen LogP contribution >= 0.6 is 22.7 Å². The van der Waals surface area contributed by atoms with Gasteiger partial charge >= 0.3 is 11.7 Å². The van der Waals surface area contributed by atoms with E-state index in [1.165, 1.54) is 20.2 Å². The molecule has 0 aliphatic carbocycles. The highest BCUT2D eigenvalue weighted by Crippen LogP contribution is 2.29. The zero-order valence-corrected chi connectivity index (χ0v) is 16.3. The van der Waals surface area contributed by atoms with Crippen LogP contribution in [-0.4, -0.2) is 15.6 Å². The number of hydrogen-bond donors (Lipinski definition) is 3. The highest BCUT2D eigenvalue weighted by atomic mass is 32.1. The number of hydrogen-bond acceptors (Lipinski definition) is 5. The second-order valence-electron chi connectivity index (χ2n) is 6.85. The van der Waals surface area contributed by atoms with Crippen LogP contribution in [0.1, 0.15) is 31.2 Å². The van der Waals surface area contributed by atoms with Gasteiger partial charge in [-0.05, 0) is 38.3 Å². The number of amides is 2. The fourth-order valence-corrected chi connectivity index (χ4v) is 4.52. The minimum Gasteiger partial charge on any atom is -0.334 e. The number of nitrogens with one attached hydrogen (secondary N) is 3. The molecule has 3 aromatic rings. The standard InChI is InChI=1S/C17H20N4O3S2/c1-17(2,3)21-9-10(14(22)20-16(21)24)7-18-15(23)19-8-11-6-13-12(26-11)4-5-25-13/h4-6,9H,7-8H2,1-3H3,(H2,18,19,23)(H,20,22,24). The Kier molecular flexibility index (Phi) is 5.01. The molecule has 0 spiro atoms. The molecule has 138 valence electrons. The van der Waals surface area contributed by atoms with Gasteiger partial charge in [0, 0.05) is 26.0 Å². The molecule has 0 radical (unpaired) electrons. The van der Waals surface area contributed by atoms with Crippen molar-refractivity contribution in [3.8, 4) is 0 Å². The fraction of sp³-hybridized carbons (Fsp3) is 0.353. The Morgan fingerprint density at radius 1 is 1.19 bits per heavy atom. The van der Waals surface area contributed by atoms with E-state index in [1.54, 1.807) is 22.7 Å². The summed E-state index contributed by atoms with van der Waals surface area (Å²) in [6.07, 6.45) is 1.49. The molecule has 0 saturated carbocycles. The van der Waals surface area contributed by atoms with Crippen LogP contribution in [0.15, 0.2) is 33.3 Å². The first-order chi connectivity index (χ1) is 12.2. The predicted molar refractivity (Wildman–Crippen MR) is 105 cm³/mol. The van der Waals surface area contributed by atoms with Crippen molar-refractivity contribution in [3.05, 3.63) is 55.0 Å². The molecular formula is C17H20N4O3S2. The Labute approximate surface area is 157 Å². The van der Waals surface area contributed by atoms with Crippen LogP contribution < -0.4 is 21.9 Å². The van der Waals surface area contributed by atoms with Gasteiger partial charge < -0.3 is 10.6 Å². The maximum Gasteiger partial charge on any atom is 0.328 e. The Hall–Kier alpha value is -2.39. The molecule has 3 rings (SSSR count). The van der Waals surface area contributed by atoms with Gasteiger partial charge in [-0.15, -0.1) is 22.7 Å². The summed E-state index contributed by atoms with van der Waals surface area (Å²) in [5, 5.41) is 7.48. The maximum atomic E-state index is 12.0. The van der Waals surface area contributed by atoms with Crippen molar-refractivity contribution in [2.24, 2.45) is 0 Å². The van der Waals surface area contributed by atoms with Crippen LogP contribution in [0, 0.1) is 0 Å². The normalized spacial score (nSPS) is 11.7. The summed E-state index contributed by atoms with van der Waals surface area (Å²) in [5.74, 6) is 0. The van der Waals surface area contributed by atoms with E-state index in [4.69, 9.17) is 0 Å². The summed E-state index contributed by atoms with van der Waals surface area (Å²) in [6.45, 7) is 6.06. The molecule has 26 heavy (non-hydrogen) atoms. The molecule has 0 saturated heterocycles. The van der Waals surface area contributed by atoms with E-state index >= 15 is 0 Å². The number of thiophene rings is 2. The number of aromatic nitrogens is 2. The Balaban J connectivity index is 1.61. The number of urea groups is 1. The van der Waals surface area contributed by atoms with E-state index in [0.29, 0.717) is 12.1 Å². The lowest BCUT2D eigenvalue weighted by Crippen LogP contribution is -2.41. The molecule has 0 fully saturated rings. The lowest BCUT2D eigenvalue weighted by atomic mass is 10.1. The second-order valence-corrected chi connectivity index (χ2v) is 8.97. The van der Waals surface area contributed by atoms with Crippen LogP contribution in [0.3, 0.4) is 0 Å². The molecule has 0 unspecified atom stereocenters. The van der Waals surface area contributed by atoms with E-state index in [2.05, 4.69) is 27.8 Å². The van der Waals surface area contributed by atoms with E-state index in [1.807, 2.05) is 26.2 Å². The van der Waals surface area contributed by atoms with Crippen molar-refractivity contribution in [1.82, 2.24) is 20.2 Å². The van der Waals surface area contributed by atoms with Gasteiger partial charge in [-0.3, -0.25) is 14.3 Å². The number of H-pyrrole nitrogens is 1. The monoisotopic (exact) mass is 392 g/mol. The molecule has 7 nitrogen and oxygen atoms in total. The summed E-state index contributed by atoms with van der Waals surface area (Å²) >= 11 is 3.32. The molecule has 0 bridgehead atoms. The zero-order chi connectivity index (χ0) is 18.9. The van der Waals surface area contributed by atoms with E-state index in [9.17, 15) is 14.4 Å². The van der Waals surface area contributed by atoms with Crippen molar-refractivity contribution >= 4 is 38.1 Å². The molecule has 3 heterocycles. The third-order valence-corrected chi connectivity index (χ3v) is 5.88. The van der Waals surface area contributed by atoms with Crippen molar-refractivity contribution in [2.45, 2.75) is 39.4 Å². The van der Waals surface area contributed by atoms with Crippen LogP contribution in [0.5, 0.6) is 0 Å². The molecule has 0 aromatic carbocycles. The van der Waals surface area contributed by atoms with Gasteiger partial charge in [-0.25, -0.2) is 9.59 Å². The average molecular weight is 393 g/mol. The highest BCUT2D eigenvalue weighted by Gasteiger charge is 2.17. The van der Waals surface area contributed by atoms with Gasteiger partial charge in [-0.2, -0.15) is 0 Å². The number of rotatable bonds is 4. The Bertz CT molecular complexity index is 1020. The molecule has 9 heteroatoms. The van der Waals surface area contributed by atoms with Crippen LogP contribution in [-0.2, 0) is 18.6 Å². The minimum absolute atomic E-state index is 0.0387. The summed E-state index contributed by atoms with van der Waals surface area (Å²) in [7, 11) is 0. The number of carbonyl (C=O) groups excluding carboxylic acids is 1. The largest absolute Gasteiger partial charge is 0.334 e. The van der Waals surface area contributed by atoms with Gasteiger partial charge in [0.2, 0.25) is 0 Å². The topological polar surface area (TPSA) is 96.0 Å². The first kappa shape index (κ1) is 18.4. The second kappa shape index (κ2) is 7.08. The molecular weight excluding hydrogens is 372 g/mol. The van der Waals surface area contributed by atoms with E-state index in [-0.39, 0.29) is 12.6 Å². The lowest BCUT2D eigenvalue weighted by molar-refractivity contribution is 0.240. The predicted octanol–water partition coefficient (Wildman–Crippen LogP) is 2.57. The van der Waals surface area contributed by atoms with E-state index < -0.39 is 16.8 Å². The van der Waals surface area contributed by atoms with Gasteiger partial charge in [0.05, 0.1) is 18.7 Å². The van der Waals surface area contributed by atoms with Crippen LogP contribution in [0.4, 0.5) is 4.79 Å². The lowest BCUT2D eigenvalue weighted by Gasteiger charge is -2.22. The first-order valence-corrected chi connectivity index (χ1v) is 9.76. The zero-order valence-electron chi connectivity index (χ0n) is 14.7. The SMILES string of the molecule is CC(C)(C)n1cc(CNC(=O)NCc2cc3sccc3s2)c(=O)[nH]c1=O. The summed E-state index contributed by atoms with van der Waals surface area (Å²) in [6, 6.07) is 3.76. The first-order valence-electron chi connectivity index (χ1n) is 8.07. The van der Waals surface area contributed by atoms with Crippen molar-refractivity contribution in [1.29, 1.82) is 0 Å². The smallest absolute Gasteiger partial charge is 0.328 e. The quantitative estimate of drug-likeness (QED) is 0.637. The van der Waals surface area contributed by atoms with Gasteiger partial charge in [-0.1, -0.05) is 0 Å². The van der Waals surface area contributed by atoms with Crippen molar-refractivity contribution < 1.29 is 4.79 Å². The third kappa shape index (κ3) is 4.05. The minimum atomic E-state index is -0.491. The Morgan fingerprint density at radius 2 is 1.92 bits per heavy atom. The van der Waals surface area contributed by atoms with Crippen LogP contribution in [0.2, 0.25) is 0 Å². The van der Waals surface area contributed by atoms with Gasteiger partial charge in [0.25, 0.3) is 5.56 Å². The van der Waals surface area contributed by atoms with Crippen molar-refractivity contribution in [2.75, 3.05) is 0 Å². The summed E-state index contributed by atoms with van der Waals surface area (Å²) < 4.78 is 3.87. The summed E-state index contributed by atoms with van der Waals surface area (Å²) in [4.78, 5) is 39.2. The number of nitrogens with zero attached hydrogens (tertiary/aromatic N) is 1. The molecule has 0 aliphatic rings. The average Bonchev–Trinajstić information content (AvgIpc) is 3.12. The third-order valence-electron chi connectivity index (χ3n) is 3.79. The number of aromatic amines is 1. The van der Waals surface area contributed by atoms with Crippen molar-refractivity contribution in [3.63, 3.8) is 0 Å². The highest BCUT2D eigenvalue weighted by molar-refractivity contribution is 7.26. The molecule has 3 N–H and O–H groups in total. The maximum absolute atomic E-state index is 12.0. The van der Waals surface area contributed by atoms with E-state index in [0.717, 1.165) is 4.88 Å². The van der Waals surface area contributed by atoms with Gasteiger partial charge in [0.1, 0.15) is 0 Å². The molecule has 3 aromatic heterocycles. The Morgan fingerprint density at radius 3 is 2.62 bits per heavy atom. The molecule has 2 amide bonds. The van der Waals surface area contributed by atoms with Gasteiger partial charge in [0.15, 0.2) is 0 Å². The van der Waals surface area contributed by atoms with Crippen LogP contribution in [0.25, 0.3) is 9.40 Å². The summed E-state index contributed by atoms with van der Waals surface area (Å²) in [5.41, 5.74) is -1.10.